The molecule has 100 valence electrons. The van der Waals surface area contributed by atoms with Crippen LogP contribution in [0, 0.1) is 0 Å². The molecule has 1 aromatic heterocycles. The number of hydrogen-bond donors (Lipinski definition) is 4. The van der Waals surface area contributed by atoms with Crippen molar-refractivity contribution in [1.82, 2.24) is 15.6 Å². The molecule has 1 rings (SSSR count). The van der Waals surface area contributed by atoms with E-state index in [1.807, 2.05) is 0 Å². The predicted molar refractivity (Wildman–Crippen MR) is 62.2 cm³/mol. The van der Waals surface area contributed by atoms with Crippen molar-refractivity contribution in [3.8, 4) is 0 Å². The molecule has 0 saturated carbocycles. The molecule has 0 unspecified atom stereocenters. The molecule has 0 atom stereocenters. The molecule has 0 bridgehead atoms. The smallest absolute Gasteiger partial charge is 0.222 e. The second-order valence-electron chi connectivity index (χ2n) is 3.08. The number of nitrogens with zero attached hydrogens (tertiary/aromatic N) is 3. The third kappa shape index (κ3) is 4.22. The number of oxime groups is 1. The van der Waals surface area contributed by atoms with Crippen molar-refractivity contribution in [2.45, 2.75) is 11.4 Å². The van der Waals surface area contributed by atoms with Gasteiger partial charge in [-0.15, -0.1) is 0 Å². The number of nitrogens with two attached hydrogens (primary N) is 1. The van der Waals surface area contributed by atoms with Crippen molar-refractivity contribution in [1.29, 1.82) is 0 Å². The number of aromatic nitrogens is 2. The van der Waals surface area contributed by atoms with Gasteiger partial charge in [0.1, 0.15) is 0 Å². The fourth-order valence-electron chi connectivity index (χ4n) is 1.01. The number of thioether (sulfide) groups is 1. The zero-order valence-electron chi connectivity index (χ0n) is 9.37. The van der Waals surface area contributed by atoms with E-state index in [1.54, 1.807) is 0 Å². The van der Waals surface area contributed by atoms with Gasteiger partial charge in [-0.1, -0.05) is 16.9 Å². The van der Waals surface area contributed by atoms with E-state index in [2.05, 4.69) is 25.4 Å². The molecule has 0 aliphatic carbocycles. The molecule has 0 aliphatic rings. The van der Waals surface area contributed by atoms with Crippen LogP contribution in [0.15, 0.2) is 14.8 Å². The summed E-state index contributed by atoms with van der Waals surface area (Å²) in [5.41, 5.74) is 5.51. The molecule has 5 N–H and O–H groups in total. The fraction of sp³-hybridized carbons (Fsp3) is 0.500. The summed E-state index contributed by atoms with van der Waals surface area (Å²) < 4.78 is 4.47. The highest BCUT2D eigenvalue weighted by Crippen LogP contribution is 2.17. The Balaban J connectivity index is 2.36. The highest BCUT2D eigenvalue weighted by molar-refractivity contribution is 7.99. The summed E-state index contributed by atoms with van der Waals surface area (Å²) in [6, 6.07) is 0. The molecule has 1 aromatic rings. The van der Waals surface area contributed by atoms with Gasteiger partial charge < -0.3 is 21.4 Å². The van der Waals surface area contributed by atoms with E-state index in [4.69, 9.17) is 16.0 Å². The average molecular weight is 275 g/mol. The third-order valence-electron chi connectivity index (χ3n) is 1.81. The van der Waals surface area contributed by atoms with Crippen LogP contribution in [0.5, 0.6) is 0 Å². The number of amides is 1. The first-order chi connectivity index (χ1) is 8.69. The summed E-state index contributed by atoms with van der Waals surface area (Å²) in [7, 11) is 0. The van der Waals surface area contributed by atoms with Crippen molar-refractivity contribution in [2.75, 3.05) is 18.9 Å². The van der Waals surface area contributed by atoms with Gasteiger partial charge in [0.05, 0.1) is 6.61 Å². The van der Waals surface area contributed by atoms with Crippen molar-refractivity contribution in [2.24, 2.45) is 10.9 Å². The largest absolute Gasteiger partial charge is 0.409 e. The summed E-state index contributed by atoms with van der Waals surface area (Å²) in [6.45, 7) is 0.214. The topological polar surface area (TPSA) is 147 Å². The highest BCUT2D eigenvalue weighted by Gasteiger charge is 2.14. The van der Waals surface area contributed by atoms with Gasteiger partial charge >= 0.3 is 0 Å². The van der Waals surface area contributed by atoms with Crippen LogP contribution < -0.4 is 11.1 Å². The normalized spacial score (nSPS) is 11.5. The van der Waals surface area contributed by atoms with E-state index >= 15 is 0 Å². The fourth-order valence-corrected chi connectivity index (χ4v) is 1.77. The first-order valence-corrected chi connectivity index (χ1v) is 5.98. The average Bonchev–Trinajstić information content (AvgIpc) is 2.82. The van der Waals surface area contributed by atoms with Crippen LogP contribution in [0.25, 0.3) is 0 Å². The first kappa shape index (κ1) is 14.3. The molecule has 0 radical (unpaired) electrons. The van der Waals surface area contributed by atoms with Crippen molar-refractivity contribution >= 4 is 23.5 Å². The van der Waals surface area contributed by atoms with Crippen LogP contribution in [0.3, 0.4) is 0 Å². The van der Waals surface area contributed by atoms with Gasteiger partial charge in [-0.2, -0.15) is 0 Å². The van der Waals surface area contributed by atoms with E-state index in [-0.39, 0.29) is 30.5 Å². The Morgan fingerprint density at radius 1 is 1.56 bits per heavy atom. The van der Waals surface area contributed by atoms with Gasteiger partial charge in [0.2, 0.25) is 5.91 Å². The van der Waals surface area contributed by atoms with Crippen LogP contribution in [-0.4, -0.2) is 51.3 Å². The van der Waals surface area contributed by atoms with E-state index in [1.165, 1.54) is 11.8 Å². The molecule has 0 spiro atoms. The monoisotopic (exact) mass is 275 g/mol. The second kappa shape index (κ2) is 7.50. The van der Waals surface area contributed by atoms with E-state index in [9.17, 15) is 4.79 Å². The van der Waals surface area contributed by atoms with Gasteiger partial charge in [-0.3, -0.25) is 4.79 Å². The van der Waals surface area contributed by atoms with Gasteiger partial charge in [-0.25, -0.2) is 4.63 Å². The number of amidine groups is 1. The summed E-state index contributed by atoms with van der Waals surface area (Å²) in [4.78, 5) is 11.0. The summed E-state index contributed by atoms with van der Waals surface area (Å²) in [5.74, 6) is 0.0907. The lowest BCUT2D eigenvalue weighted by molar-refractivity contribution is -0.121. The number of aliphatic hydroxyl groups is 1. The standard InChI is InChI=1S/C8H13N5O4S/c9-7(11-16)6-8(13-17-12-6)18-4-2-10-5(15)1-3-14/h14,16H,1-4H2,(H2,9,11)(H,10,15). The van der Waals surface area contributed by atoms with Gasteiger partial charge in [0.25, 0.3) is 0 Å². The minimum Gasteiger partial charge on any atom is -0.409 e. The molecule has 0 aromatic carbocycles. The molecular weight excluding hydrogens is 262 g/mol. The number of aliphatic hydroxyl groups excluding tert-OH is 1. The Morgan fingerprint density at radius 2 is 2.33 bits per heavy atom. The van der Waals surface area contributed by atoms with Crippen LogP contribution in [0.2, 0.25) is 0 Å². The SMILES string of the molecule is N/C(=N\O)c1nonc1SCCNC(=O)CCO. The van der Waals surface area contributed by atoms with Crippen LogP contribution in [0.1, 0.15) is 12.1 Å². The highest BCUT2D eigenvalue weighted by atomic mass is 32.2. The first-order valence-electron chi connectivity index (χ1n) is 4.99. The van der Waals surface area contributed by atoms with Crippen molar-refractivity contribution in [3.05, 3.63) is 5.69 Å². The van der Waals surface area contributed by atoms with Crippen molar-refractivity contribution in [3.63, 3.8) is 0 Å². The number of carbonyl (C=O) groups excluding carboxylic acids is 1. The number of hydrogen-bond acceptors (Lipinski definition) is 8. The van der Waals surface area contributed by atoms with Crippen molar-refractivity contribution < 1.29 is 19.7 Å². The van der Waals surface area contributed by atoms with Gasteiger partial charge in [-0.05, 0) is 10.3 Å². The zero-order chi connectivity index (χ0) is 13.4. The van der Waals surface area contributed by atoms with Crippen LogP contribution in [-0.2, 0) is 4.79 Å². The van der Waals surface area contributed by atoms with Crippen LogP contribution in [0.4, 0.5) is 0 Å². The minimum absolute atomic E-state index is 0.0750. The molecule has 10 heteroatoms. The summed E-state index contributed by atoms with van der Waals surface area (Å²) >= 11 is 1.24. The van der Waals surface area contributed by atoms with Gasteiger partial charge in [0.15, 0.2) is 16.6 Å². The molecule has 18 heavy (non-hydrogen) atoms. The molecule has 0 aliphatic heterocycles. The Labute approximate surface area is 106 Å². The van der Waals surface area contributed by atoms with Gasteiger partial charge in [0, 0.05) is 18.7 Å². The Bertz CT molecular complexity index is 421. The summed E-state index contributed by atoms with van der Waals surface area (Å²) in [6.07, 6.45) is 0.0750. The maximum absolute atomic E-state index is 11.0. The lowest BCUT2D eigenvalue weighted by atomic mass is 10.4. The lowest BCUT2D eigenvalue weighted by Crippen LogP contribution is -2.26. The van der Waals surface area contributed by atoms with Crippen LogP contribution >= 0.6 is 11.8 Å². The Morgan fingerprint density at radius 3 is 3.00 bits per heavy atom. The molecule has 0 saturated heterocycles. The molecular formula is C8H13N5O4S. The minimum atomic E-state index is -0.229. The second-order valence-corrected chi connectivity index (χ2v) is 4.16. The lowest BCUT2D eigenvalue weighted by Gasteiger charge is -2.02. The maximum Gasteiger partial charge on any atom is 0.222 e. The number of nitrogens with one attached hydrogen (secondary N) is 1. The number of rotatable bonds is 7. The van der Waals surface area contributed by atoms with E-state index < -0.39 is 0 Å². The number of carbonyl (C=O) groups is 1. The van der Waals surface area contributed by atoms with E-state index in [0.717, 1.165) is 0 Å². The summed E-state index contributed by atoms with van der Waals surface area (Å²) in [5, 5.41) is 29.9. The Hall–Kier alpha value is -1.81. The third-order valence-corrected chi connectivity index (χ3v) is 2.76. The van der Waals surface area contributed by atoms with E-state index in [0.29, 0.717) is 17.3 Å². The predicted octanol–water partition coefficient (Wildman–Crippen LogP) is -1.25. The quantitative estimate of drug-likeness (QED) is 0.121. The molecule has 1 amide bonds. The molecule has 9 nitrogen and oxygen atoms in total. The zero-order valence-corrected chi connectivity index (χ0v) is 10.2. The maximum atomic E-state index is 11.0. The Kier molecular flexibility index (Phi) is 5.94. The molecule has 1 heterocycles. The molecule has 0 fully saturated rings.